The number of hydrogen-bond acceptors (Lipinski definition) is 6. The van der Waals surface area contributed by atoms with Gasteiger partial charge in [0, 0.05) is 48.8 Å². The van der Waals surface area contributed by atoms with Crippen molar-refractivity contribution in [1.82, 2.24) is 19.4 Å². The van der Waals surface area contributed by atoms with Crippen molar-refractivity contribution >= 4 is 28.5 Å². The molecule has 0 N–H and O–H groups in total. The Hall–Kier alpha value is -3.02. The highest BCUT2D eigenvalue weighted by molar-refractivity contribution is 6.30. The van der Waals surface area contributed by atoms with Crippen molar-refractivity contribution in [3.63, 3.8) is 0 Å². The molecule has 1 fully saturated rings. The van der Waals surface area contributed by atoms with E-state index in [-0.39, 0.29) is 35.3 Å². The molecule has 166 valence electrons. The van der Waals surface area contributed by atoms with Crippen LogP contribution in [0, 0.1) is 17.1 Å². The van der Waals surface area contributed by atoms with Crippen LogP contribution in [0.3, 0.4) is 0 Å². The molecule has 3 heterocycles. The van der Waals surface area contributed by atoms with E-state index >= 15 is 0 Å². The third-order valence-corrected chi connectivity index (χ3v) is 6.50. The normalized spacial score (nSPS) is 20.3. The van der Waals surface area contributed by atoms with Crippen LogP contribution in [-0.2, 0) is 7.05 Å². The van der Waals surface area contributed by atoms with Crippen molar-refractivity contribution in [3.8, 4) is 6.07 Å². The third kappa shape index (κ3) is 3.83. The van der Waals surface area contributed by atoms with E-state index in [0.717, 1.165) is 0 Å². The summed E-state index contributed by atoms with van der Waals surface area (Å²) >= 11 is 5.92. The Bertz CT molecular complexity index is 1290. The third-order valence-electron chi connectivity index (χ3n) is 6.27. The highest BCUT2D eigenvalue weighted by Crippen LogP contribution is 2.32. The van der Waals surface area contributed by atoms with Gasteiger partial charge in [0.05, 0.1) is 5.52 Å². The molecule has 32 heavy (non-hydrogen) atoms. The second-order valence-electron chi connectivity index (χ2n) is 8.34. The van der Waals surface area contributed by atoms with E-state index < -0.39 is 0 Å². The number of anilines is 1. The lowest BCUT2D eigenvalue weighted by Gasteiger charge is -2.47. The smallest absolute Gasteiger partial charge is 0.349 e. The van der Waals surface area contributed by atoms with Crippen molar-refractivity contribution < 1.29 is 4.39 Å². The summed E-state index contributed by atoms with van der Waals surface area (Å²) in [7, 11) is 1.64. The first-order chi connectivity index (χ1) is 15.2. The molecule has 7 nitrogen and oxygen atoms in total. The van der Waals surface area contributed by atoms with Crippen molar-refractivity contribution in [3.05, 3.63) is 62.9 Å². The van der Waals surface area contributed by atoms with E-state index in [4.69, 9.17) is 11.6 Å². The minimum absolute atomic E-state index is 0.0145. The quantitative estimate of drug-likeness (QED) is 0.601. The fourth-order valence-electron chi connectivity index (χ4n) is 4.48. The molecule has 0 bridgehead atoms. The molecule has 9 heteroatoms. The number of nitrogens with zero attached hydrogens (tertiary/aromatic N) is 6. The number of aromatic nitrogens is 3. The number of halogens is 2. The van der Waals surface area contributed by atoms with Crippen LogP contribution in [0.2, 0.25) is 5.02 Å². The Morgan fingerprint density at radius 3 is 2.62 bits per heavy atom. The average molecular weight is 455 g/mol. The second-order valence-corrected chi connectivity index (χ2v) is 8.78. The Morgan fingerprint density at radius 1 is 1.19 bits per heavy atom. The van der Waals surface area contributed by atoms with Gasteiger partial charge in [-0.3, -0.25) is 9.47 Å². The minimum Gasteiger partial charge on any atom is -0.349 e. The first kappa shape index (κ1) is 22.2. The van der Waals surface area contributed by atoms with Crippen molar-refractivity contribution in [2.24, 2.45) is 7.05 Å². The van der Waals surface area contributed by atoms with E-state index in [1.165, 1.54) is 10.6 Å². The summed E-state index contributed by atoms with van der Waals surface area (Å²) in [6.07, 6.45) is 0. The SMILES string of the molecule is CC(c1ccc(Cl)cc1F)N1C[C@H](C)N(c2nc(=O)n(C)c3ccc(C#N)nc23)C[C@H]1C. The summed E-state index contributed by atoms with van der Waals surface area (Å²) in [6.45, 7) is 7.32. The van der Waals surface area contributed by atoms with Crippen LogP contribution in [0.25, 0.3) is 11.0 Å². The molecule has 0 amide bonds. The molecule has 1 saturated heterocycles. The summed E-state index contributed by atoms with van der Waals surface area (Å²) in [5.74, 6) is 0.157. The zero-order chi connectivity index (χ0) is 23.2. The number of nitriles is 1. The number of piperazine rings is 1. The van der Waals surface area contributed by atoms with Gasteiger partial charge in [-0.25, -0.2) is 14.2 Å². The molecule has 4 rings (SSSR count). The standard InChI is InChI=1S/C23H24ClFN6O/c1-13-12-31(14(2)11-30(13)15(3)18-7-5-16(24)9-19(18)25)22-21-20(29(4)23(32)28-22)8-6-17(10-26)27-21/h5-9,13-15H,11-12H2,1-4H3/t13-,14+,15?/m1/s1. The Labute approximate surface area is 190 Å². The molecular weight excluding hydrogens is 431 g/mol. The topological polar surface area (TPSA) is 78.0 Å². The average Bonchev–Trinajstić information content (AvgIpc) is 2.77. The van der Waals surface area contributed by atoms with E-state index in [2.05, 4.69) is 32.8 Å². The van der Waals surface area contributed by atoms with Gasteiger partial charge in [0.2, 0.25) is 0 Å². The van der Waals surface area contributed by atoms with Gasteiger partial charge in [-0.05, 0) is 45.0 Å². The highest BCUT2D eigenvalue weighted by atomic mass is 35.5. The van der Waals surface area contributed by atoms with Crippen molar-refractivity contribution in [1.29, 1.82) is 5.26 Å². The molecular formula is C23H24ClFN6O. The summed E-state index contributed by atoms with van der Waals surface area (Å²) in [5, 5.41) is 9.67. The number of fused-ring (bicyclic) bond motifs is 1. The lowest BCUT2D eigenvalue weighted by molar-refractivity contribution is 0.117. The number of benzene rings is 1. The van der Waals surface area contributed by atoms with Crippen molar-refractivity contribution in [2.75, 3.05) is 18.0 Å². The molecule has 1 unspecified atom stereocenters. The van der Waals surface area contributed by atoms with E-state index in [0.29, 0.717) is 40.5 Å². The maximum Gasteiger partial charge on any atom is 0.349 e. The molecule has 1 aliphatic heterocycles. The maximum atomic E-state index is 14.5. The van der Waals surface area contributed by atoms with Crippen LogP contribution in [0.4, 0.5) is 10.2 Å². The summed E-state index contributed by atoms with van der Waals surface area (Å²) in [4.78, 5) is 25.6. The lowest BCUT2D eigenvalue weighted by Crippen LogP contribution is -2.57. The summed E-state index contributed by atoms with van der Waals surface area (Å²) < 4.78 is 16.0. The predicted octanol–water partition coefficient (Wildman–Crippen LogP) is 3.65. The number of pyridine rings is 1. The van der Waals surface area contributed by atoms with Gasteiger partial charge in [-0.1, -0.05) is 17.7 Å². The van der Waals surface area contributed by atoms with Crippen LogP contribution in [-0.4, -0.2) is 44.6 Å². The van der Waals surface area contributed by atoms with Gasteiger partial charge in [0.1, 0.15) is 23.1 Å². The van der Waals surface area contributed by atoms with E-state index in [9.17, 15) is 14.4 Å². The lowest BCUT2D eigenvalue weighted by atomic mass is 10.0. The van der Waals surface area contributed by atoms with Gasteiger partial charge in [-0.15, -0.1) is 0 Å². The predicted molar refractivity (Wildman–Crippen MR) is 122 cm³/mol. The maximum absolute atomic E-state index is 14.5. The van der Waals surface area contributed by atoms with Gasteiger partial charge >= 0.3 is 5.69 Å². The molecule has 3 aromatic rings. The van der Waals surface area contributed by atoms with Crippen LogP contribution in [0.5, 0.6) is 0 Å². The number of rotatable bonds is 3. The Kier molecular flexibility index (Phi) is 5.89. The number of hydrogen-bond donors (Lipinski definition) is 0. The molecule has 1 aromatic carbocycles. The van der Waals surface area contributed by atoms with Gasteiger partial charge in [-0.2, -0.15) is 10.2 Å². The second kappa shape index (κ2) is 8.49. The van der Waals surface area contributed by atoms with Gasteiger partial charge in [0.25, 0.3) is 0 Å². The first-order valence-electron chi connectivity index (χ1n) is 10.5. The highest BCUT2D eigenvalue weighted by Gasteiger charge is 2.35. The van der Waals surface area contributed by atoms with Crippen LogP contribution in [0.1, 0.15) is 38.1 Å². The van der Waals surface area contributed by atoms with Crippen LogP contribution >= 0.6 is 11.6 Å². The van der Waals surface area contributed by atoms with Crippen LogP contribution in [0.15, 0.2) is 35.1 Å². The molecule has 0 aliphatic carbocycles. The van der Waals surface area contributed by atoms with Crippen LogP contribution < -0.4 is 10.6 Å². The number of aryl methyl sites for hydroxylation is 1. The monoisotopic (exact) mass is 454 g/mol. The first-order valence-corrected chi connectivity index (χ1v) is 10.8. The molecule has 0 spiro atoms. The summed E-state index contributed by atoms with van der Waals surface area (Å²) in [5.41, 5.74) is 1.64. The fourth-order valence-corrected chi connectivity index (χ4v) is 4.64. The largest absolute Gasteiger partial charge is 0.349 e. The molecule has 0 saturated carbocycles. The Balaban J connectivity index is 1.70. The zero-order valence-electron chi connectivity index (χ0n) is 18.4. The van der Waals surface area contributed by atoms with E-state index in [1.807, 2.05) is 13.8 Å². The molecule has 3 atom stereocenters. The summed E-state index contributed by atoms with van der Waals surface area (Å²) in [6, 6.07) is 10.0. The Morgan fingerprint density at radius 2 is 1.94 bits per heavy atom. The molecule has 0 radical (unpaired) electrons. The fraction of sp³-hybridized carbons (Fsp3) is 0.391. The minimum atomic E-state index is -0.377. The molecule has 1 aliphatic rings. The zero-order valence-corrected chi connectivity index (χ0v) is 19.1. The molecule has 2 aromatic heterocycles. The van der Waals surface area contributed by atoms with Crippen molar-refractivity contribution in [2.45, 2.75) is 38.9 Å². The van der Waals surface area contributed by atoms with Gasteiger partial charge in [0.15, 0.2) is 5.82 Å². The van der Waals surface area contributed by atoms with Gasteiger partial charge < -0.3 is 4.90 Å². The van der Waals surface area contributed by atoms with E-state index in [1.54, 1.807) is 31.3 Å².